The molecule has 0 aliphatic rings. The summed E-state index contributed by atoms with van der Waals surface area (Å²) in [4.78, 5) is 10.6. The number of phenolic OH excluding ortho intramolecular Hbond substituents is 1. The number of carboxylic acid groups (broad SMARTS) is 1. The van der Waals surface area contributed by atoms with Gasteiger partial charge in [-0.05, 0) is 24.6 Å². The Morgan fingerprint density at radius 3 is 2.47 bits per heavy atom. The molecule has 0 radical (unpaired) electrons. The molecule has 15 heavy (non-hydrogen) atoms. The summed E-state index contributed by atoms with van der Waals surface area (Å²) in [5.41, 5.74) is -0.295. The minimum atomic E-state index is -2.81. The van der Waals surface area contributed by atoms with Crippen LogP contribution in [0.2, 0.25) is 0 Å². The van der Waals surface area contributed by atoms with E-state index in [0.29, 0.717) is 0 Å². The molecular formula is C10H10F2O3. The van der Waals surface area contributed by atoms with Gasteiger partial charge in [-0.25, -0.2) is 8.78 Å². The molecule has 1 aromatic carbocycles. The van der Waals surface area contributed by atoms with E-state index in [-0.39, 0.29) is 5.56 Å². The second-order valence-electron chi connectivity index (χ2n) is 3.18. The van der Waals surface area contributed by atoms with E-state index in [0.717, 1.165) is 12.1 Å². The van der Waals surface area contributed by atoms with E-state index in [9.17, 15) is 13.6 Å². The lowest BCUT2D eigenvalue weighted by Crippen LogP contribution is -2.07. The maximum absolute atomic E-state index is 12.4. The van der Waals surface area contributed by atoms with Crippen molar-refractivity contribution in [2.75, 3.05) is 0 Å². The van der Waals surface area contributed by atoms with Crippen molar-refractivity contribution in [2.45, 2.75) is 19.3 Å². The molecule has 0 aliphatic heterocycles. The molecule has 1 rings (SSSR count). The molecular weight excluding hydrogens is 206 g/mol. The number of alkyl halides is 2. The van der Waals surface area contributed by atoms with Gasteiger partial charge in [0.15, 0.2) is 0 Å². The molecule has 3 nitrogen and oxygen atoms in total. The quantitative estimate of drug-likeness (QED) is 0.816. The van der Waals surface area contributed by atoms with Gasteiger partial charge in [-0.2, -0.15) is 0 Å². The van der Waals surface area contributed by atoms with Gasteiger partial charge in [-0.3, -0.25) is 4.79 Å². The van der Waals surface area contributed by atoms with Gasteiger partial charge in [0.25, 0.3) is 6.43 Å². The van der Waals surface area contributed by atoms with E-state index in [4.69, 9.17) is 10.2 Å². The molecule has 0 bridgehead atoms. The van der Waals surface area contributed by atoms with Crippen molar-refractivity contribution < 1.29 is 23.8 Å². The normalized spacial score (nSPS) is 12.8. The Hall–Kier alpha value is -1.65. The summed E-state index contributed by atoms with van der Waals surface area (Å²) in [5.74, 6) is -2.49. The van der Waals surface area contributed by atoms with Crippen LogP contribution in [-0.4, -0.2) is 16.2 Å². The first-order valence-electron chi connectivity index (χ1n) is 4.27. The average molecular weight is 216 g/mol. The summed E-state index contributed by atoms with van der Waals surface area (Å²) in [6.45, 7) is 1.39. The zero-order valence-corrected chi connectivity index (χ0v) is 7.95. The minimum Gasteiger partial charge on any atom is -0.507 e. The molecule has 0 saturated heterocycles. The Balaban J connectivity index is 3.13. The summed E-state index contributed by atoms with van der Waals surface area (Å²) in [6.07, 6.45) is -2.81. The monoisotopic (exact) mass is 216 g/mol. The molecule has 1 aromatic rings. The summed E-state index contributed by atoms with van der Waals surface area (Å²) in [7, 11) is 0. The van der Waals surface area contributed by atoms with E-state index >= 15 is 0 Å². The lowest BCUT2D eigenvalue weighted by molar-refractivity contribution is -0.138. The van der Waals surface area contributed by atoms with Crippen molar-refractivity contribution in [2.24, 2.45) is 0 Å². The molecule has 0 aliphatic carbocycles. The van der Waals surface area contributed by atoms with Crippen molar-refractivity contribution >= 4 is 5.97 Å². The molecule has 0 heterocycles. The van der Waals surface area contributed by atoms with Crippen LogP contribution in [0.1, 0.15) is 30.4 Å². The molecule has 0 saturated carbocycles. The van der Waals surface area contributed by atoms with Crippen LogP contribution in [0.3, 0.4) is 0 Å². The Morgan fingerprint density at radius 1 is 1.40 bits per heavy atom. The van der Waals surface area contributed by atoms with Gasteiger partial charge in [0.2, 0.25) is 0 Å². The van der Waals surface area contributed by atoms with Gasteiger partial charge in [0, 0.05) is 0 Å². The minimum absolute atomic E-state index is 0.246. The fraction of sp³-hybridized carbons (Fsp3) is 0.300. The number of hydrogen-bond acceptors (Lipinski definition) is 2. The SMILES string of the molecule is CC(C(=O)O)c1ccc(O)c(C(F)F)c1. The van der Waals surface area contributed by atoms with Crippen LogP contribution in [-0.2, 0) is 4.79 Å². The van der Waals surface area contributed by atoms with Crippen LogP contribution < -0.4 is 0 Å². The fourth-order valence-electron chi connectivity index (χ4n) is 1.16. The second kappa shape index (κ2) is 4.25. The smallest absolute Gasteiger partial charge is 0.310 e. The predicted molar refractivity (Wildman–Crippen MR) is 49.1 cm³/mol. The Bertz CT molecular complexity index is 377. The predicted octanol–water partition coefficient (Wildman–Crippen LogP) is 2.52. The van der Waals surface area contributed by atoms with Crippen LogP contribution in [0.4, 0.5) is 8.78 Å². The molecule has 2 N–H and O–H groups in total. The fourth-order valence-corrected chi connectivity index (χ4v) is 1.16. The van der Waals surface area contributed by atoms with Crippen molar-refractivity contribution in [1.82, 2.24) is 0 Å². The van der Waals surface area contributed by atoms with E-state index in [1.165, 1.54) is 13.0 Å². The molecule has 5 heteroatoms. The summed E-state index contributed by atoms with van der Waals surface area (Å²) < 4.78 is 24.7. The molecule has 82 valence electrons. The van der Waals surface area contributed by atoms with E-state index in [2.05, 4.69) is 0 Å². The van der Waals surface area contributed by atoms with Gasteiger partial charge in [0.1, 0.15) is 5.75 Å². The Kier molecular flexibility index (Phi) is 3.24. The summed E-state index contributed by atoms with van der Waals surface area (Å²) in [5, 5.41) is 17.8. The van der Waals surface area contributed by atoms with Crippen molar-refractivity contribution in [3.63, 3.8) is 0 Å². The first kappa shape index (κ1) is 11.4. The van der Waals surface area contributed by atoms with Crippen molar-refractivity contribution in [3.05, 3.63) is 29.3 Å². The third-order valence-electron chi connectivity index (χ3n) is 2.16. The van der Waals surface area contributed by atoms with Crippen LogP contribution in [0.15, 0.2) is 18.2 Å². The van der Waals surface area contributed by atoms with E-state index in [1.54, 1.807) is 0 Å². The average Bonchev–Trinajstić information content (AvgIpc) is 2.16. The lowest BCUT2D eigenvalue weighted by atomic mass is 9.99. The highest BCUT2D eigenvalue weighted by Gasteiger charge is 2.18. The second-order valence-corrected chi connectivity index (χ2v) is 3.18. The topological polar surface area (TPSA) is 57.5 Å². The van der Waals surface area contributed by atoms with E-state index < -0.39 is 29.6 Å². The third-order valence-corrected chi connectivity index (χ3v) is 2.16. The van der Waals surface area contributed by atoms with Crippen LogP contribution >= 0.6 is 0 Å². The highest BCUT2D eigenvalue weighted by Crippen LogP contribution is 2.31. The maximum Gasteiger partial charge on any atom is 0.310 e. The standard InChI is InChI=1S/C10H10F2O3/c1-5(10(14)15)6-2-3-8(13)7(4-6)9(11)12/h2-5,9,13H,1H3,(H,14,15). The number of rotatable bonds is 3. The molecule has 0 aromatic heterocycles. The number of aliphatic carboxylic acids is 1. The Morgan fingerprint density at radius 2 is 2.00 bits per heavy atom. The number of benzene rings is 1. The first-order chi connectivity index (χ1) is 6.93. The number of carboxylic acids is 1. The van der Waals surface area contributed by atoms with Crippen LogP contribution in [0, 0.1) is 0 Å². The highest BCUT2D eigenvalue weighted by molar-refractivity contribution is 5.75. The highest BCUT2D eigenvalue weighted by atomic mass is 19.3. The first-order valence-corrected chi connectivity index (χ1v) is 4.27. The van der Waals surface area contributed by atoms with Crippen molar-refractivity contribution in [3.8, 4) is 5.75 Å². The van der Waals surface area contributed by atoms with Gasteiger partial charge in [0.05, 0.1) is 11.5 Å². The summed E-state index contributed by atoms with van der Waals surface area (Å²) >= 11 is 0. The van der Waals surface area contributed by atoms with Gasteiger partial charge >= 0.3 is 5.97 Å². The molecule has 0 amide bonds. The third kappa shape index (κ3) is 2.43. The van der Waals surface area contributed by atoms with Crippen LogP contribution in [0.5, 0.6) is 5.75 Å². The lowest BCUT2D eigenvalue weighted by Gasteiger charge is -2.09. The number of phenols is 1. The number of halogens is 2. The van der Waals surface area contributed by atoms with Gasteiger partial charge in [-0.1, -0.05) is 6.07 Å². The summed E-state index contributed by atoms with van der Waals surface area (Å²) in [6, 6.07) is 3.41. The van der Waals surface area contributed by atoms with Crippen molar-refractivity contribution in [1.29, 1.82) is 0 Å². The maximum atomic E-state index is 12.4. The molecule has 1 atom stereocenters. The van der Waals surface area contributed by atoms with Crippen LogP contribution in [0.25, 0.3) is 0 Å². The Labute approximate surface area is 85.0 Å². The molecule has 0 spiro atoms. The molecule has 0 fully saturated rings. The largest absolute Gasteiger partial charge is 0.507 e. The number of carbonyl (C=O) groups is 1. The van der Waals surface area contributed by atoms with Gasteiger partial charge < -0.3 is 10.2 Å². The zero-order chi connectivity index (χ0) is 11.6. The van der Waals surface area contributed by atoms with E-state index in [1.807, 2.05) is 0 Å². The van der Waals surface area contributed by atoms with Gasteiger partial charge in [-0.15, -0.1) is 0 Å². The zero-order valence-electron chi connectivity index (χ0n) is 7.95. The number of aromatic hydroxyl groups is 1. The number of hydrogen-bond donors (Lipinski definition) is 2. The molecule has 1 unspecified atom stereocenters.